The highest BCUT2D eigenvalue weighted by Crippen LogP contribution is 2.39. The number of nitrogens with one attached hydrogen (secondary N) is 1. The first-order chi connectivity index (χ1) is 10.7. The van der Waals surface area contributed by atoms with Gasteiger partial charge in [-0.3, -0.25) is 0 Å². The van der Waals surface area contributed by atoms with Gasteiger partial charge in [0.05, 0.1) is 6.61 Å². The number of halogens is 1. The third-order valence-electron chi connectivity index (χ3n) is 4.83. The van der Waals surface area contributed by atoms with Crippen molar-refractivity contribution in [1.82, 2.24) is 4.98 Å². The van der Waals surface area contributed by atoms with Crippen LogP contribution in [0.2, 0.25) is 0 Å². The predicted octanol–water partition coefficient (Wildman–Crippen LogP) is 5.18. The lowest BCUT2D eigenvalue weighted by Crippen LogP contribution is -2.14. The van der Waals surface area contributed by atoms with Gasteiger partial charge in [0, 0.05) is 11.8 Å². The first-order valence-corrected chi connectivity index (χ1v) is 8.71. The van der Waals surface area contributed by atoms with E-state index >= 15 is 0 Å². The number of carbonyl (C=O) groups excluding carboxylic acids is 1. The fourth-order valence-corrected chi connectivity index (χ4v) is 3.51. The van der Waals surface area contributed by atoms with Crippen LogP contribution in [0.15, 0.2) is 6.20 Å². The molecular formula is C18H28FNO2. The summed E-state index contributed by atoms with van der Waals surface area (Å²) in [4.78, 5) is 14.4. The molecule has 1 N–H and O–H groups in total. The second-order valence-electron chi connectivity index (χ2n) is 6.37. The summed E-state index contributed by atoms with van der Waals surface area (Å²) in [6, 6.07) is 0. The Kier molecular flexibility index (Phi) is 6.47. The molecule has 0 aliphatic heterocycles. The lowest BCUT2D eigenvalue weighted by Gasteiger charge is -2.28. The summed E-state index contributed by atoms with van der Waals surface area (Å²) >= 11 is 0. The van der Waals surface area contributed by atoms with E-state index in [1.807, 2.05) is 0 Å². The van der Waals surface area contributed by atoms with E-state index in [-0.39, 0.29) is 18.2 Å². The van der Waals surface area contributed by atoms with Crippen molar-refractivity contribution in [3.05, 3.63) is 23.3 Å². The molecule has 0 bridgehead atoms. The van der Waals surface area contributed by atoms with Crippen LogP contribution in [0.4, 0.5) is 4.39 Å². The summed E-state index contributed by atoms with van der Waals surface area (Å²) < 4.78 is 19.3. The molecule has 0 saturated heterocycles. The van der Waals surface area contributed by atoms with Crippen molar-refractivity contribution >= 4 is 5.97 Å². The smallest absolute Gasteiger partial charge is 0.357 e. The van der Waals surface area contributed by atoms with Crippen molar-refractivity contribution < 1.29 is 13.9 Å². The molecule has 1 heterocycles. The molecule has 2 rings (SSSR count). The van der Waals surface area contributed by atoms with Gasteiger partial charge in [0.15, 0.2) is 11.5 Å². The third-order valence-corrected chi connectivity index (χ3v) is 4.83. The summed E-state index contributed by atoms with van der Waals surface area (Å²) in [5.41, 5.74) is 0.636. The first-order valence-electron chi connectivity index (χ1n) is 8.71. The number of aromatic amines is 1. The zero-order chi connectivity index (χ0) is 15.9. The Morgan fingerprint density at radius 1 is 1.27 bits per heavy atom. The van der Waals surface area contributed by atoms with Crippen LogP contribution in [0.1, 0.15) is 87.2 Å². The van der Waals surface area contributed by atoms with Crippen molar-refractivity contribution in [1.29, 1.82) is 0 Å². The summed E-state index contributed by atoms with van der Waals surface area (Å²) in [7, 11) is 0. The van der Waals surface area contributed by atoms with Gasteiger partial charge < -0.3 is 9.72 Å². The second-order valence-corrected chi connectivity index (χ2v) is 6.37. The van der Waals surface area contributed by atoms with Crippen LogP contribution in [0.5, 0.6) is 0 Å². The number of rotatable bonds is 7. The van der Waals surface area contributed by atoms with Gasteiger partial charge in [-0.2, -0.15) is 0 Å². The Hall–Kier alpha value is -1.32. The number of esters is 1. The molecule has 1 saturated carbocycles. The van der Waals surface area contributed by atoms with E-state index in [0.717, 1.165) is 18.8 Å². The number of hydrogen-bond acceptors (Lipinski definition) is 2. The molecule has 1 aliphatic rings. The van der Waals surface area contributed by atoms with E-state index in [1.54, 1.807) is 13.1 Å². The van der Waals surface area contributed by atoms with Crippen molar-refractivity contribution in [2.45, 2.75) is 71.1 Å². The molecule has 1 fully saturated rings. The van der Waals surface area contributed by atoms with Crippen molar-refractivity contribution in [2.75, 3.05) is 6.61 Å². The highest BCUT2D eigenvalue weighted by atomic mass is 19.1. The van der Waals surface area contributed by atoms with Crippen molar-refractivity contribution in [2.24, 2.45) is 5.92 Å². The molecule has 1 aliphatic carbocycles. The average Bonchev–Trinajstić information content (AvgIpc) is 2.90. The molecule has 0 unspecified atom stereocenters. The second kappa shape index (κ2) is 8.35. The minimum atomic E-state index is -0.598. The van der Waals surface area contributed by atoms with Gasteiger partial charge >= 0.3 is 5.97 Å². The van der Waals surface area contributed by atoms with Crippen LogP contribution in [-0.4, -0.2) is 17.6 Å². The normalized spacial score (nSPS) is 21.8. The molecule has 1 aromatic heterocycles. The first kappa shape index (κ1) is 17.0. The highest BCUT2D eigenvalue weighted by Gasteiger charge is 2.27. The summed E-state index contributed by atoms with van der Waals surface area (Å²) in [5, 5.41) is 0. The lowest BCUT2D eigenvalue weighted by molar-refractivity contribution is 0.0514. The fraction of sp³-hybridized carbons (Fsp3) is 0.722. The van der Waals surface area contributed by atoms with Crippen LogP contribution >= 0.6 is 0 Å². The Morgan fingerprint density at radius 2 is 2.00 bits per heavy atom. The average molecular weight is 309 g/mol. The van der Waals surface area contributed by atoms with E-state index in [2.05, 4.69) is 11.9 Å². The zero-order valence-corrected chi connectivity index (χ0v) is 13.8. The van der Waals surface area contributed by atoms with E-state index in [1.165, 1.54) is 38.5 Å². The Labute approximate surface area is 132 Å². The topological polar surface area (TPSA) is 42.1 Å². The molecule has 0 spiro atoms. The minimum absolute atomic E-state index is 0.0260. The number of H-pyrrole nitrogens is 1. The molecule has 124 valence electrons. The van der Waals surface area contributed by atoms with Gasteiger partial charge in [-0.05, 0) is 44.4 Å². The van der Waals surface area contributed by atoms with Crippen molar-refractivity contribution in [3.63, 3.8) is 0 Å². The maximum Gasteiger partial charge on any atom is 0.357 e. The largest absolute Gasteiger partial charge is 0.461 e. The third kappa shape index (κ3) is 4.11. The molecule has 0 amide bonds. The quantitative estimate of drug-likeness (QED) is 0.556. The number of aromatic nitrogens is 1. The molecule has 0 radical (unpaired) electrons. The zero-order valence-electron chi connectivity index (χ0n) is 13.8. The SMILES string of the molecule is CCCCCC1CCC(c2c[nH]c(C(=O)OCC)c2F)CC1. The van der Waals surface area contributed by atoms with Crippen LogP contribution in [0.25, 0.3) is 0 Å². The maximum absolute atomic E-state index is 14.4. The monoisotopic (exact) mass is 309 g/mol. The number of hydrogen-bond donors (Lipinski definition) is 1. The lowest BCUT2D eigenvalue weighted by atomic mass is 9.77. The van der Waals surface area contributed by atoms with Crippen LogP contribution in [-0.2, 0) is 4.74 Å². The number of ether oxygens (including phenoxy) is 1. The standard InChI is InChI=1S/C18H28FNO2/c1-3-5-6-7-13-8-10-14(11-9-13)15-12-20-17(16(15)19)18(21)22-4-2/h12-14,20H,3-11H2,1-2H3. The van der Waals surface area contributed by atoms with Gasteiger partial charge in [-0.25, -0.2) is 9.18 Å². The van der Waals surface area contributed by atoms with Gasteiger partial charge in [0.1, 0.15) is 0 Å². The fourth-order valence-electron chi connectivity index (χ4n) is 3.51. The number of carbonyl (C=O) groups is 1. The Morgan fingerprint density at radius 3 is 2.64 bits per heavy atom. The summed E-state index contributed by atoms with van der Waals surface area (Å²) in [6.45, 7) is 4.21. The van der Waals surface area contributed by atoms with Gasteiger partial charge in [-0.1, -0.05) is 32.6 Å². The van der Waals surface area contributed by atoms with E-state index in [4.69, 9.17) is 4.74 Å². The van der Waals surface area contributed by atoms with Gasteiger partial charge in [0.25, 0.3) is 0 Å². The summed E-state index contributed by atoms with van der Waals surface area (Å²) in [6.07, 6.45) is 11.3. The van der Waals surface area contributed by atoms with Gasteiger partial charge in [-0.15, -0.1) is 0 Å². The van der Waals surface area contributed by atoms with E-state index < -0.39 is 11.8 Å². The Balaban J connectivity index is 1.90. The minimum Gasteiger partial charge on any atom is -0.461 e. The van der Waals surface area contributed by atoms with Crippen LogP contribution in [0.3, 0.4) is 0 Å². The molecule has 0 atom stereocenters. The predicted molar refractivity (Wildman–Crippen MR) is 85.5 cm³/mol. The molecule has 3 nitrogen and oxygen atoms in total. The molecule has 4 heteroatoms. The highest BCUT2D eigenvalue weighted by molar-refractivity contribution is 5.88. The van der Waals surface area contributed by atoms with Crippen LogP contribution in [0, 0.1) is 11.7 Å². The molecular weight excluding hydrogens is 281 g/mol. The maximum atomic E-state index is 14.4. The summed E-state index contributed by atoms with van der Waals surface area (Å²) in [5.74, 6) is 0.0311. The number of unbranched alkanes of at least 4 members (excludes halogenated alkanes) is 2. The Bertz CT molecular complexity index is 475. The van der Waals surface area contributed by atoms with Crippen LogP contribution < -0.4 is 0 Å². The molecule has 1 aromatic rings. The molecule has 22 heavy (non-hydrogen) atoms. The van der Waals surface area contributed by atoms with Crippen molar-refractivity contribution in [3.8, 4) is 0 Å². The molecule has 0 aromatic carbocycles. The van der Waals surface area contributed by atoms with E-state index in [9.17, 15) is 9.18 Å². The van der Waals surface area contributed by atoms with Gasteiger partial charge in [0.2, 0.25) is 0 Å². The van der Waals surface area contributed by atoms with E-state index in [0.29, 0.717) is 5.56 Å².